The van der Waals surface area contributed by atoms with Crippen LogP contribution in [0.3, 0.4) is 0 Å². The van der Waals surface area contributed by atoms with Crippen molar-refractivity contribution in [3.05, 3.63) is 28.6 Å². The summed E-state index contributed by atoms with van der Waals surface area (Å²) < 4.78 is 5.45. The average molecular weight is 299 g/mol. The van der Waals surface area contributed by atoms with Gasteiger partial charge in [-0.1, -0.05) is 0 Å². The fourth-order valence-corrected chi connectivity index (χ4v) is 2.89. The van der Waals surface area contributed by atoms with E-state index in [-0.39, 0.29) is 12.5 Å². The van der Waals surface area contributed by atoms with Crippen LogP contribution in [-0.2, 0) is 4.79 Å². The zero-order chi connectivity index (χ0) is 14.8. The number of hydrogen-bond acceptors (Lipinski definition) is 5. The van der Waals surface area contributed by atoms with Crippen molar-refractivity contribution in [2.24, 2.45) is 0 Å². The first-order chi connectivity index (χ1) is 10.2. The summed E-state index contributed by atoms with van der Waals surface area (Å²) in [6, 6.07) is 7.76. The molecule has 1 aliphatic rings. The smallest absolute Gasteiger partial charge is 0.265 e. The first-order valence-corrected chi connectivity index (χ1v) is 7.43. The number of carbonyl (C=O) groups excluding carboxylic acids is 1. The number of nitrogens with zero attached hydrogens (tertiary/aromatic N) is 3. The summed E-state index contributed by atoms with van der Waals surface area (Å²) in [6.07, 6.45) is 0.297. The molecule has 21 heavy (non-hydrogen) atoms. The van der Waals surface area contributed by atoms with Crippen LogP contribution in [0, 0.1) is 18.3 Å². The molecule has 1 amide bonds. The van der Waals surface area contributed by atoms with Crippen LogP contribution in [0.25, 0.3) is 11.3 Å². The number of rotatable bonds is 3. The molecule has 5 nitrogen and oxygen atoms in total. The van der Waals surface area contributed by atoms with Gasteiger partial charge in [-0.15, -0.1) is 11.3 Å². The Balaban J connectivity index is 2.00. The van der Waals surface area contributed by atoms with Gasteiger partial charge in [-0.25, -0.2) is 4.98 Å². The van der Waals surface area contributed by atoms with E-state index in [0.29, 0.717) is 24.4 Å². The predicted octanol–water partition coefficient (Wildman–Crippen LogP) is 2.76. The SMILES string of the molecule is Cc1nc(-c2ccc3c(c2)N(CCC#N)C(=O)CO3)cs1. The first kappa shape index (κ1) is 13.6. The third-order valence-corrected chi connectivity index (χ3v) is 4.04. The number of amides is 1. The van der Waals surface area contributed by atoms with Gasteiger partial charge >= 0.3 is 0 Å². The molecule has 0 saturated carbocycles. The maximum atomic E-state index is 12.0. The lowest BCUT2D eigenvalue weighted by atomic mass is 10.1. The number of aromatic nitrogens is 1. The Bertz CT molecular complexity index is 733. The second-order valence-electron chi connectivity index (χ2n) is 4.68. The Hall–Kier alpha value is -2.39. The molecule has 0 bridgehead atoms. The largest absolute Gasteiger partial charge is 0.482 e. The lowest BCUT2D eigenvalue weighted by Gasteiger charge is -2.29. The number of carbonyl (C=O) groups is 1. The molecule has 0 N–H and O–H groups in total. The molecule has 106 valence electrons. The zero-order valence-corrected chi connectivity index (χ0v) is 12.3. The van der Waals surface area contributed by atoms with Gasteiger partial charge in [-0.2, -0.15) is 5.26 Å². The molecule has 1 aliphatic heterocycles. The molecule has 2 aromatic rings. The van der Waals surface area contributed by atoms with E-state index < -0.39 is 0 Å². The van der Waals surface area contributed by atoms with Gasteiger partial charge in [0, 0.05) is 17.5 Å². The molecule has 0 radical (unpaired) electrons. The minimum Gasteiger partial charge on any atom is -0.482 e. The van der Waals surface area contributed by atoms with Crippen LogP contribution in [0.15, 0.2) is 23.6 Å². The normalized spacial score (nSPS) is 13.5. The maximum absolute atomic E-state index is 12.0. The van der Waals surface area contributed by atoms with E-state index in [1.807, 2.05) is 30.5 Å². The van der Waals surface area contributed by atoms with E-state index in [0.717, 1.165) is 16.3 Å². The van der Waals surface area contributed by atoms with E-state index in [2.05, 4.69) is 11.1 Å². The van der Waals surface area contributed by atoms with Crippen molar-refractivity contribution in [1.82, 2.24) is 4.98 Å². The molecular weight excluding hydrogens is 286 g/mol. The van der Waals surface area contributed by atoms with Crippen molar-refractivity contribution in [3.8, 4) is 23.1 Å². The molecule has 0 spiro atoms. The molecule has 0 unspecified atom stereocenters. The predicted molar refractivity (Wildman–Crippen MR) is 80.4 cm³/mol. The summed E-state index contributed by atoms with van der Waals surface area (Å²) in [5, 5.41) is 11.7. The Morgan fingerprint density at radius 2 is 2.38 bits per heavy atom. The standard InChI is InChI=1S/C15H13N3O2S/c1-10-17-12(9-21-10)11-3-4-14-13(7-11)18(6-2-5-16)15(19)8-20-14/h3-4,7,9H,2,6,8H2,1H3. The highest BCUT2D eigenvalue weighted by atomic mass is 32.1. The van der Waals surface area contributed by atoms with Crippen LogP contribution in [0.1, 0.15) is 11.4 Å². The van der Waals surface area contributed by atoms with Crippen LogP contribution in [0.5, 0.6) is 5.75 Å². The molecule has 1 aromatic carbocycles. The van der Waals surface area contributed by atoms with Crippen LogP contribution in [0.4, 0.5) is 5.69 Å². The Morgan fingerprint density at radius 3 is 3.10 bits per heavy atom. The fourth-order valence-electron chi connectivity index (χ4n) is 2.26. The monoisotopic (exact) mass is 299 g/mol. The highest BCUT2D eigenvalue weighted by molar-refractivity contribution is 7.09. The minimum atomic E-state index is -0.121. The first-order valence-electron chi connectivity index (χ1n) is 6.55. The molecule has 0 atom stereocenters. The van der Waals surface area contributed by atoms with Crippen LogP contribution in [-0.4, -0.2) is 24.0 Å². The number of benzene rings is 1. The third-order valence-electron chi connectivity index (χ3n) is 3.26. The molecular formula is C15H13N3O2S. The topological polar surface area (TPSA) is 66.2 Å². The quantitative estimate of drug-likeness (QED) is 0.874. The summed E-state index contributed by atoms with van der Waals surface area (Å²) in [5.41, 5.74) is 2.54. The maximum Gasteiger partial charge on any atom is 0.265 e. The lowest BCUT2D eigenvalue weighted by molar-refractivity contribution is -0.121. The van der Waals surface area contributed by atoms with Crippen LogP contribution < -0.4 is 9.64 Å². The zero-order valence-electron chi connectivity index (χ0n) is 11.5. The summed E-state index contributed by atoms with van der Waals surface area (Å²) in [4.78, 5) is 18.1. The van der Waals surface area contributed by atoms with E-state index >= 15 is 0 Å². The van der Waals surface area contributed by atoms with Crippen molar-refractivity contribution in [2.45, 2.75) is 13.3 Å². The average Bonchev–Trinajstić information content (AvgIpc) is 2.92. The van der Waals surface area contributed by atoms with Crippen LogP contribution in [0.2, 0.25) is 0 Å². The van der Waals surface area contributed by atoms with Gasteiger partial charge in [0.05, 0.1) is 28.9 Å². The molecule has 6 heteroatoms. The van der Waals surface area contributed by atoms with Gasteiger partial charge in [0.2, 0.25) is 0 Å². The highest BCUT2D eigenvalue weighted by Gasteiger charge is 2.25. The summed E-state index contributed by atoms with van der Waals surface area (Å²) in [7, 11) is 0. The molecule has 3 rings (SSSR count). The van der Waals surface area contributed by atoms with E-state index in [1.165, 1.54) is 0 Å². The van der Waals surface area contributed by atoms with Crippen molar-refractivity contribution in [1.29, 1.82) is 5.26 Å². The minimum absolute atomic E-state index is 0.0214. The Kier molecular flexibility index (Phi) is 3.59. The van der Waals surface area contributed by atoms with E-state index in [9.17, 15) is 4.79 Å². The molecule has 1 aromatic heterocycles. The van der Waals surface area contributed by atoms with Crippen molar-refractivity contribution in [2.75, 3.05) is 18.1 Å². The number of fused-ring (bicyclic) bond motifs is 1. The van der Waals surface area contributed by atoms with Gasteiger partial charge in [-0.3, -0.25) is 4.79 Å². The number of hydrogen-bond donors (Lipinski definition) is 0. The van der Waals surface area contributed by atoms with Crippen molar-refractivity contribution >= 4 is 22.9 Å². The Morgan fingerprint density at radius 1 is 1.52 bits per heavy atom. The number of ether oxygens (including phenoxy) is 1. The van der Waals surface area contributed by atoms with E-state index in [1.54, 1.807) is 16.2 Å². The second kappa shape index (κ2) is 5.54. The van der Waals surface area contributed by atoms with E-state index in [4.69, 9.17) is 10.00 Å². The highest BCUT2D eigenvalue weighted by Crippen LogP contribution is 2.36. The number of anilines is 1. The van der Waals surface area contributed by atoms with Gasteiger partial charge in [0.1, 0.15) is 5.75 Å². The second-order valence-corrected chi connectivity index (χ2v) is 5.74. The number of thiazole rings is 1. The lowest BCUT2D eigenvalue weighted by Crippen LogP contribution is -2.39. The Labute approximate surface area is 126 Å². The van der Waals surface area contributed by atoms with Gasteiger partial charge in [-0.05, 0) is 25.1 Å². The van der Waals surface area contributed by atoms with Gasteiger partial charge in [0.15, 0.2) is 6.61 Å². The number of nitriles is 1. The fraction of sp³-hybridized carbons (Fsp3) is 0.267. The van der Waals surface area contributed by atoms with Crippen molar-refractivity contribution in [3.63, 3.8) is 0 Å². The van der Waals surface area contributed by atoms with Crippen molar-refractivity contribution < 1.29 is 9.53 Å². The van der Waals surface area contributed by atoms with Gasteiger partial charge < -0.3 is 9.64 Å². The number of aryl methyl sites for hydroxylation is 1. The van der Waals surface area contributed by atoms with Gasteiger partial charge in [0.25, 0.3) is 5.91 Å². The third kappa shape index (κ3) is 2.60. The molecule has 0 aliphatic carbocycles. The summed E-state index contributed by atoms with van der Waals surface area (Å²) in [6.45, 7) is 2.36. The molecule has 0 saturated heterocycles. The molecule has 0 fully saturated rings. The summed E-state index contributed by atoms with van der Waals surface area (Å²) >= 11 is 1.59. The summed E-state index contributed by atoms with van der Waals surface area (Å²) in [5.74, 6) is 0.549. The van der Waals surface area contributed by atoms with Crippen LogP contribution >= 0.6 is 11.3 Å². The molecule has 2 heterocycles.